The first-order valence-electron chi connectivity index (χ1n) is 9.89. The number of carbonyl (C=O) groups excluding carboxylic acids is 1. The van der Waals surface area contributed by atoms with Crippen LogP contribution in [-0.4, -0.2) is 36.2 Å². The zero-order valence-corrected chi connectivity index (χ0v) is 20.2. The molecule has 0 saturated heterocycles. The highest BCUT2D eigenvalue weighted by atomic mass is 32.2. The quantitative estimate of drug-likeness (QED) is 0.112. The second kappa shape index (κ2) is 10.6. The number of aromatic nitrogens is 1. The van der Waals surface area contributed by atoms with E-state index in [-0.39, 0.29) is 28.0 Å². The summed E-state index contributed by atoms with van der Waals surface area (Å²) in [5, 5.41) is 14.8. The molecule has 0 atom stereocenters. The molecule has 4 aromatic rings. The molecule has 0 saturated carbocycles. The molecular formula is C22H16N4O6S3. The van der Waals surface area contributed by atoms with Crippen molar-refractivity contribution in [3.05, 3.63) is 88.5 Å². The summed E-state index contributed by atoms with van der Waals surface area (Å²) < 4.78 is 31.7. The maximum Gasteiger partial charge on any atom is 0.339 e. The Morgan fingerprint density at radius 2 is 1.91 bits per heavy atom. The number of benzene rings is 3. The highest BCUT2D eigenvalue weighted by Gasteiger charge is 2.19. The Kier molecular flexibility index (Phi) is 7.39. The van der Waals surface area contributed by atoms with Gasteiger partial charge in [-0.1, -0.05) is 30.0 Å². The number of carbonyl (C=O) groups is 1. The van der Waals surface area contributed by atoms with E-state index >= 15 is 0 Å². The second-order valence-corrected chi connectivity index (χ2v) is 10.7. The van der Waals surface area contributed by atoms with Crippen molar-refractivity contribution in [1.82, 2.24) is 10.4 Å². The summed E-state index contributed by atoms with van der Waals surface area (Å²) in [6.45, 7) is 0. The summed E-state index contributed by atoms with van der Waals surface area (Å²) in [6, 6.07) is 18.2. The first-order valence-corrected chi connectivity index (χ1v) is 13.1. The van der Waals surface area contributed by atoms with Crippen molar-refractivity contribution in [2.75, 3.05) is 5.75 Å². The number of hydrogen-bond acceptors (Lipinski definition) is 10. The van der Waals surface area contributed by atoms with E-state index in [1.807, 2.05) is 24.3 Å². The number of thiazole rings is 1. The van der Waals surface area contributed by atoms with E-state index in [1.165, 1.54) is 59.6 Å². The van der Waals surface area contributed by atoms with Gasteiger partial charge in [0.15, 0.2) is 4.34 Å². The lowest BCUT2D eigenvalue weighted by atomic mass is 10.2. The van der Waals surface area contributed by atoms with Crippen LogP contribution in [-0.2, 0) is 14.9 Å². The average molecular weight is 529 g/mol. The molecule has 4 rings (SSSR count). The van der Waals surface area contributed by atoms with Gasteiger partial charge in [0.1, 0.15) is 10.6 Å². The van der Waals surface area contributed by atoms with E-state index in [9.17, 15) is 23.3 Å². The standard InChI is InChI=1S/C22H16N4O6S3/c27-21(14-33-22-24-19-6-1-2-7-20(19)34-22)25-23-13-15-8-10-17(11-9-15)32-35(30,31)18-5-3-4-16(12-18)26(28)29/h1-13H,14H2,(H,25,27)/b23-13-. The topological polar surface area (TPSA) is 141 Å². The summed E-state index contributed by atoms with van der Waals surface area (Å²) in [5.41, 5.74) is 3.55. The van der Waals surface area contributed by atoms with Gasteiger partial charge in [-0.15, -0.1) is 11.3 Å². The molecule has 0 radical (unpaired) electrons. The number of non-ortho nitro benzene ring substituents is 1. The van der Waals surface area contributed by atoms with Gasteiger partial charge >= 0.3 is 10.1 Å². The van der Waals surface area contributed by atoms with Crippen LogP contribution in [0.5, 0.6) is 5.75 Å². The molecule has 1 N–H and O–H groups in total. The van der Waals surface area contributed by atoms with Gasteiger partial charge in [-0.3, -0.25) is 14.9 Å². The number of hydrazone groups is 1. The van der Waals surface area contributed by atoms with Crippen molar-refractivity contribution in [2.24, 2.45) is 5.10 Å². The Morgan fingerprint density at radius 1 is 1.14 bits per heavy atom. The molecule has 0 fully saturated rings. The van der Waals surface area contributed by atoms with E-state index in [0.717, 1.165) is 20.6 Å². The number of nitro groups is 1. The minimum atomic E-state index is -4.25. The number of nitrogens with one attached hydrogen (secondary N) is 1. The van der Waals surface area contributed by atoms with E-state index in [1.54, 1.807) is 12.1 Å². The van der Waals surface area contributed by atoms with Crippen LogP contribution in [0.1, 0.15) is 5.56 Å². The van der Waals surface area contributed by atoms with Gasteiger partial charge in [0.05, 0.1) is 27.1 Å². The van der Waals surface area contributed by atoms with Gasteiger partial charge < -0.3 is 4.18 Å². The van der Waals surface area contributed by atoms with Crippen LogP contribution in [0.15, 0.2) is 87.1 Å². The van der Waals surface area contributed by atoms with Gasteiger partial charge in [-0.2, -0.15) is 13.5 Å². The molecule has 35 heavy (non-hydrogen) atoms. The molecule has 0 aliphatic heterocycles. The normalized spacial score (nSPS) is 11.5. The van der Waals surface area contributed by atoms with Crippen molar-refractivity contribution < 1.29 is 22.3 Å². The van der Waals surface area contributed by atoms with Crippen LogP contribution < -0.4 is 9.61 Å². The Bertz CT molecular complexity index is 1480. The van der Waals surface area contributed by atoms with Crippen LogP contribution in [0, 0.1) is 10.1 Å². The van der Waals surface area contributed by atoms with Crippen LogP contribution >= 0.6 is 23.1 Å². The fourth-order valence-electron chi connectivity index (χ4n) is 2.79. The smallest absolute Gasteiger partial charge is 0.339 e. The third-order valence-electron chi connectivity index (χ3n) is 4.41. The zero-order valence-electron chi connectivity index (χ0n) is 17.7. The minimum absolute atomic E-state index is 0.0185. The third kappa shape index (κ3) is 6.41. The number of nitro benzene ring substituents is 1. The predicted molar refractivity (Wildman–Crippen MR) is 133 cm³/mol. The van der Waals surface area contributed by atoms with Gasteiger partial charge in [0.25, 0.3) is 11.6 Å². The van der Waals surface area contributed by atoms with E-state index in [2.05, 4.69) is 15.5 Å². The molecule has 0 aliphatic rings. The van der Waals surface area contributed by atoms with Crippen molar-refractivity contribution in [2.45, 2.75) is 9.24 Å². The maximum atomic E-state index is 12.4. The highest BCUT2D eigenvalue weighted by Crippen LogP contribution is 2.29. The molecule has 0 bridgehead atoms. The molecule has 13 heteroatoms. The summed E-state index contributed by atoms with van der Waals surface area (Å²) >= 11 is 2.83. The largest absolute Gasteiger partial charge is 0.379 e. The fraction of sp³-hybridized carbons (Fsp3) is 0.0455. The number of nitrogens with zero attached hydrogens (tertiary/aromatic N) is 3. The molecular weight excluding hydrogens is 512 g/mol. The maximum absolute atomic E-state index is 12.4. The number of hydrogen-bond donors (Lipinski definition) is 1. The summed E-state index contributed by atoms with van der Waals surface area (Å²) in [5.74, 6) is -0.127. The third-order valence-corrected chi connectivity index (χ3v) is 7.83. The van der Waals surface area contributed by atoms with Crippen molar-refractivity contribution in [3.8, 4) is 5.75 Å². The number of para-hydroxylation sites is 1. The lowest BCUT2D eigenvalue weighted by molar-refractivity contribution is -0.385. The first kappa shape index (κ1) is 24.3. The molecule has 1 aromatic heterocycles. The van der Waals surface area contributed by atoms with Gasteiger partial charge in [-0.05, 0) is 48.0 Å². The van der Waals surface area contributed by atoms with Gasteiger partial charge in [0.2, 0.25) is 0 Å². The van der Waals surface area contributed by atoms with Gasteiger partial charge in [0, 0.05) is 12.1 Å². The zero-order chi connectivity index (χ0) is 24.8. The van der Waals surface area contributed by atoms with E-state index in [4.69, 9.17) is 4.18 Å². The molecule has 178 valence electrons. The Balaban J connectivity index is 1.29. The Hall–Kier alpha value is -3.81. The first-order chi connectivity index (χ1) is 16.8. The molecule has 3 aromatic carbocycles. The Morgan fingerprint density at radius 3 is 2.66 bits per heavy atom. The molecule has 1 amide bonds. The lowest BCUT2D eigenvalue weighted by Crippen LogP contribution is -2.19. The number of amides is 1. The van der Waals surface area contributed by atoms with Gasteiger partial charge in [-0.25, -0.2) is 10.4 Å². The number of thioether (sulfide) groups is 1. The molecule has 0 unspecified atom stereocenters. The monoisotopic (exact) mass is 528 g/mol. The minimum Gasteiger partial charge on any atom is -0.379 e. The fourth-order valence-corrected chi connectivity index (χ4v) is 5.62. The lowest BCUT2D eigenvalue weighted by Gasteiger charge is -2.07. The molecule has 10 nitrogen and oxygen atoms in total. The average Bonchev–Trinajstić information content (AvgIpc) is 3.27. The highest BCUT2D eigenvalue weighted by molar-refractivity contribution is 8.01. The second-order valence-electron chi connectivity index (χ2n) is 6.89. The SMILES string of the molecule is O=C(CSc1nc2ccccc2s1)N/N=C\c1ccc(OS(=O)(=O)c2cccc([N+](=O)[O-])c2)cc1. The van der Waals surface area contributed by atoms with Crippen LogP contribution in [0.2, 0.25) is 0 Å². The Labute approximate surface area is 207 Å². The molecule has 0 spiro atoms. The molecule has 0 aliphatic carbocycles. The van der Waals surface area contributed by atoms with E-state index < -0.39 is 15.0 Å². The molecule has 1 heterocycles. The summed E-state index contributed by atoms with van der Waals surface area (Å²) in [6.07, 6.45) is 1.40. The van der Waals surface area contributed by atoms with Crippen molar-refractivity contribution in [3.63, 3.8) is 0 Å². The number of fused-ring (bicyclic) bond motifs is 1. The van der Waals surface area contributed by atoms with Crippen LogP contribution in [0.3, 0.4) is 0 Å². The summed E-state index contributed by atoms with van der Waals surface area (Å²) in [7, 11) is -4.25. The van der Waals surface area contributed by atoms with Crippen molar-refractivity contribution in [1.29, 1.82) is 0 Å². The number of rotatable bonds is 9. The van der Waals surface area contributed by atoms with Crippen molar-refractivity contribution >= 4 is 61.2 Å². The van der Waals surface area contributed by atoms with Crippen LogP contribution in [0.4, 0.5) is 5.69 Å². The van der Waals surface area contributed by atoms with E-state index in [0.29, 0.717) is 5.56 Å². The summed E-state index contributed by atoms with van der Waals surface area (Å²) in [4.78, 5) is 26.3. The predicted octanol–water partition coefficient (Wildman–Crippen LogP) is 4.21. The van der Waals surface area contributed by atoms with Crippen LogP contribution in [0.25, 0.3) is 10.2 Å².